The molecule has 2 heterocycles. The number of urea groups is 1. The third kappa shape index (κ3) is 7.84. The Hall–Kier alpha value is -1.34. The highest BCUT2D eigenvalue weighted by Crippen LogP contribution is 2.36. The van der Waals surface area contributed by atoms with Crippen LogP contribution in [0.3, 0.4) is 0 Å². The van der Waals surface area contributed by atoms with Crippen LogP contribution in [0.4, 0.5) is 4.79 Å². The number of thioether (sulfide) groups is 2. The molecule has 5 nitrogen and oxygen atoms in total. The molecule has 3 rings (SSSR count). The summed E-state index contributed by atoms with van der Waals surface area (Å²) in [5, 5.41) is 6.95. The maximum Gasteiger partial charge on any atom is 0.315 e. The summed E-state index contributed by atoms with van der Waals surface area (Å²) < 4.78 is 5.67. The molecule has 2 amide bonds. The Kier molecular flexibility index (Phi) is 10.3. The number of esters is 1. The van der Waals surface area contributed by atoms with Crippen molar-refractivity contribution in [1.82, 2.24) is 10.6 Å². The summed E-state index contributed by atoms with van der Waals surface area (Å²) in [4.78, 5) is 25.9. The van der Waals surface area contributed by atoms with Gasteiger partial charge in [0.15, 0.2) is 0 Å². The van der Waals surface area contributed by atoms with Crippen molar-refractivity contribution in [2.24, 2.45) is 11.8 Å². The third-order valence-corrected chi connectivity index (χ3v) is 9.51. The molecule has 33 heavy (non-hydrogen) atoms. The van der Waals surface area contributed by atoms with Gasteiger partial charge in [-0.1, -0.05) is 44.9 Å². The van der Waals surface area contributed by atoms with Crippen molar-refractivity contribution < 1.29 is 14.3 Å². The average molecular weight is 493 g/mol. The van der Waals surface area contributed by atoms with Crippen LogP contribution in [0.2, 0.25) is 0 Å². The zero-order valence-electron chi connectivity index (χ0n) is 20.5. The molecule has 5 unspecified atom stereocenters. The Balaban J connectivity index is 1.52. The van der Waals surface area contributed by atoms with E-state index in [-0.39, 0.29) is 35.9 Å². The smallest absolute Gasteiger partial charge is 0.315 e. The van der Waals surface area contributed by atoms with Gasteiger partial charge in [-0.2, -0.15) is 11.8 Å². The molecular weight excluding hydrogens is 452 g/mol. The number of benzene rings is 1. The summed E-state index contributed by atoms with van der Waals surface area (Å²) in [5.41, 5.74) is 1.27. The summed E-state index contributed by atoms with van der Waals surface area (Å²) in [5.74, 6) is 1.14. The van der Waals surface area contributed by atoms with Crippen LogP contribution in [0.25, 0.3) is 0 Å². The monoisotopic (exact) mass is 492 g/mol. The number of nitrogens with one attached hydrogen (secondary N) is 2. The van der Waals surface area contributed by atoms with Gasteiger partial charge in [0.1, 0.15) is 0 Å². The van der Waals surface area contributed by atoms with Crippen LogP contribution in [0.1, 0.15) is 64.9 Å². The van der Waals surface area contributed by atoms with Crippen molar-refractivity contribution in [1.29, 1.82) is 0 Å². The highest BCUT2D eigenvalue weighted by atomic mass is 32.2. The predicted octanol–water partition coefficient (Wildman–Crippen LogP) is 5.80. The third-order valence-electron chi connectivity index (χ3n) is 6.82. The van der Waals surface area contributed by atoms with Crippen LogP contribution in [0.5, 0.6) is 0 Å². The lowest BCUT2D eigenvalue weighted by Crippen LogP contribution is -2.37. The van der Waals surface area contributed by atoms with Crippen molar-refractivity contribution in [2.75, 3.05) is 12.4 Å². The van der Waals surface area contributed by atoms with Gasteiger partial charge in [0, 0.05) is 21.1 Å². The van der Waals surface area contributed by atoms with Crippen LogP contribution in [-0.4, -0.2) is 46.9 Å². The number of amides is 2. The number of aryl methyl sites for hydroxylation is 1. The number of unbranched alkanes of at least 4 members (excludes halogenated alkanes) is 1. The molecule has 2 fully saturated rings. The van der Waals surface area contributed by atoms with Crippen molar-refractivity contribution in [2.45, 2.75) is 93.7 Å². The Bertz CT molecular complexity index is 773. The minimum Gasteiger partial charge on any atom is -0.465 e. The van der Waals surface area contributed by atoms with E-state index in [1.165, 1.54) is 10.5 Å². The molecule has 0 aliphatic carbocycles. The molecule has 0 aromatic heterocycles. The normalized spacial score (nSPS) is 24.5. The van der Waals surface area contributed by atoms with E-state index in [0.29, 0.717) is 17.1 Å². The van der Waals surface area contributed by atoms with Crippen LogP contribution >= 0.6 is 23.5 Å². The number of carbonyl (C=O) groups is 2. The molecule has 0 bridgehead atoms. The van der Waals surface area contributed by atoms with Crippen molar-refractivity contribution in [3.8, 4) is 0 Å². The summed E-state index contributed by atoms with van der Waals surface area (Å²) in [6, 6.07) is 9.09. The molecule has 0 saturated carbocycles. The van der Waals surface area contributed by atoms with Gasteiger partial charge in [-0.15, -0.1) is 11.8 Å². The van der Waals surface area contributed by atoms with Crippen molar-refractivity contribution in [3.63, 3.8) is 0 Å². The molecule has 0 radical (unpaired) electrons. The number of ether oxygens (including phenoxy) is 1. The predicted molar refractivity (Wildman–Crippen MR) is 139 cm³/mol. The standard InChI is InChI=1S/C26H40N2O3S2/c1-5-6-15-31-25(29)21(13-10-19(4)33-20-11-7-17(2)8-12-20)18(3)9-14-23-24-22(16-32-23)27-26(30)28-24/h7-8,11-12,18-19,21-24H,5-6,9-10,13-16H2,1-4H3,(H2,27,28,30)/t18?,19?,21?,22?,23-,24?/m1/s1. The Labute approximate surface area is 208 Å². The van der Waals surface area contributed by atoms with Gasteiger partial charge in [0.25, 0.3) is 0 Å². The fourth-order valence-corrected chi connectivity index (χ4v) is 7.18. The fraction of sp³-hybridized carbons (Fsp3) is 0.692. The molecule has 2 aliphatic heterocycles. The largest absolute Gasteiger partial charge is 0.465 e. The number of hydrogen-bond acceptors (Lipinski definition) is 5. The molecule has 184 valence electrons. The fourth-order valence-electron chi connectivity index (χ4n) is 4.65. The molecule has 1 aromatic carbocycles. The van der Waals surface area contributed by atoms with E-state index in [1.54, 1.807) is 0 Å². The first kappa shape index (κ1) is 26.3. The van der Waals surface area contributed by atoms with Crippen LogP contribution in [0, 0.1) is 18.8 Å². The summed E-state index contributed by atoms with van der Waals surface area (Å²) >= 11 is 3.82. The van der Waals surface area contributed by atoms with Crippen molar-refractivity contribution in [3.05, 3.63) is 29.8 Å². The zero-order valence-corrected chi connectivity index (χ0v) is 22.1. The molecule has 0 spiro atoms. The second-order valence-corrected chi connectivity index (χ2v) is 12.4. The molecule has 6 atom stereocenters. The molecular formula is C26H40N2O3S2. The zero-order chi connectivity index (χ0) is 23.8. The number of hydrogen-bond donors (Lipinski definition) is 2. The second kappa shape index (κ2) is 12.9. The highest BCUT2D eigenvalue weighted by Gasteiger charge is 2.43. The summed E-state index contributed by atoms with van der Waals surface area (Å²) in [7, 11) is 0. The minimum absolute atomic E-state index is 0.0312. The maximum absolute atomic E-state index is 13.0. The quantitative estimate of drug-likeness (QED) is 0.158. The molecule has 1 aromatic rings. The lowest BCUT2D eigenvalue weighted by molar-refractivity contribution is -0.151. The lowest BCUT2D eigenvalue weighted by Gasteiger charge is -2.26. The van der Waals surface area contributed by atoms with Gasteiger partial charge in [-0.3, -0.25) is 4.79 Å². The van der Waals surface area contributed by atoms with E-state index in [9.17, 15) is 9.59 Å². The first-order valence-corrected chi connectivity index (χ1v) is 14.4. The van der Waals surface area contributed by atoms with E-state index in [4.69, 9.17) is 4.74 Å². The number of fused-ring (bicyclic) bond motifs is 1. The maximum atomic E-state index is 13.0. The first-order chi connectivity index (χ1) is 15.9. The first-order valence-electron chi connectivity index (χ1n) is 12.5. The van der Waals surface area contributed by atoms with Gasteiger partial charge in [0.05, 0.1) is 24.6 Å². The molecule has 2 aliphatic rings. The number of carbonyl (C=O) groups excluding carboxylic acids is 2. The second-order valence-electron chi connectivity index (χ2n) is 9.62. The van der Waals surface area contributed by atoms with E-state index < -0.39 is 0 Å². The van der Waals surface area contributed by atoms with Gasteiger partial charge in [0.2, 0.25) is 0 Å². The van der Waals surface area contributed by atoms with Crippen LogP contribution in [0.15, 0.2) is 29.2 Å². The van der Waals surface area contributed by atoms with E-state index in [1.807, 2.05) is 23.5 Å². The van der Waals surface area contributed by atoms with Crippen molar-refractivity contribution >= 4 is 35.5 Å². The SMILES string of the molecule is CCCCOC(=O)C(CCC(C)Sc1ccc(C)cc1)C(C)CC[C@H]1SCC2NC(=O)NC21. The summed E-state index contributed by atoms with van der Waals surface area (Å²) in [6.45, 7) is 9.19. The van der Waals surface area contributed by atoms with Gasteiger partial charge < -0.3 is 15.4 Å². The van der Waals surface area contributed by atoms with Crippen LogP contribution < -0.4 is 10.6 Å². The summed E-state index contributed by atoms with van der Waals surface area (Å²) in [6.07, 6.45) is 5.78. The minimum atomic E-state index is -0.0681. The van der Waals surface area contributed by atoms with E-state index >= 15 is 0 Å². The van der Waals surface area contributed by atoms with Gasteiger partial charge in [-0.05, 0) is 57.1 Å². The lowest BCUT2D eigenvalue weighted by atomic mass is 9.85. The molecule has 7 heteroatoms. The Morgan fingerprint density at radius 2 is 1.94 bits per heavy atom. The molecule has 2 N–H and O–H groups in total. The average Bonchev–Trinajstić information content (AvgIpc) is 3.33. The van der Waals surface area contributed by atoms with Gasteiger partial charge in [-0.25, -0.2) is 4.79 Å². The topological polar surface area (TPSA) is 67.4 Å². The number of rotatable bonds is 13. The van der Waals surface area contributed by atoms with E-state index in [0.717, 1.165) is 44.3 Å². The Morgan fingerprint density at radius 1 is 1.18 bits per heavy atom. The highest BCUT2D eigenvalue weighted by molar-refractivity contribution is 8.00. The Morgan fingerprint density at radius 3 is 2.67 bits per heavy atom. The van der Waals surface area contributed by atoms with Gasteiger partial charge >= 0.3 is 12.0 Å². The van der Waals surface area contributed by atoms with E-state index in [2.05, 4.69) is 62.6 Å². The van der Waals surface area contributed by atoms with Crippen LogP contribution in [-0.2, 0) is 9.53 Å². The molecule has 2 saturated heterocycles.